The first kappa shape index (κ1) is 11.8. The average molecular weight is 231 g/mol. The lowest BCUT2D eigenvalue weighted by molar-refractivity contribution is 0.275. The molecule has 0 bridgehead atoms. The molecule has 2 aromatic rings. The van der Waals surface area contributed by atoms with Gasteiger partial charge in [-0.1, -0.05) is 37.3 Å². The molecule has 0 fully saturated rings. The van der Waals surface area contributed by atoms with Gasteiger partial charge in [-0.25, -0.2) is 4.68 Å². The van der Waals surface area contributed by atoms with Crippen molar-refractivity contribution in [1.29, 1.82) is 0 Å². The molecular weight excluding hydrogens is 214 g/mol. The summed E-state index contributed by atoms with van der Waals surface area (Å²) in [4.78, 5) is 0. The predicted molar refractivity (Wildman–Crippen MR) is 65.8 cm³/mol. The van der Waals surface area contributed by atoms with E-state index in [0.29, 0.717) is 11.6 Å². The molecule has 90 valence electrons. The minimum Gasteiger partial charge on any atom is -0.390 e. The highest BCUT2D eigenvalue weighted by atomic mass is 16.3. The van der Waals surface area contributed by atoms with Crippen LogP contribution < -0.4 is 0 Å². The van der Waals surface area contributed by atoms with Crippen molar-refractivity contribution in [3.63, 3.8) is 0 Å². The Morgan fingerprint density at radius 3 is 2.53 bits per heavy atom. The highest BCUT2D eigenvalue weighted by molar-refractivity contribution is 5.33. The number of hydrogen-bond donors (Lipinski definition) is 1. The van der Waals surface area contributed by atoms with Crippen molar-refractivity contribution in [1.82, 2.24) is 15.0 Å². The fraction of sp³-hybridized carbons (Fsp3) is 0.385. The fourth-order valence-corrected chi connectivity index (χ4v) is 1.82. The van der Waals surface area contributed by atoms with Crippen molar-refractivity contribution in [2.24, 2.45) is 5.92 Å². The van der Waals surface area contributed by atoms with Crippen molar-refractivity contribution in [2.45, 2.75) is 26.9 Å². The molecule has 0 atom stereocenters. The third-order valence-corrected chi connectivity index (χ3v) is 2.60. The highest BCUT2D eigenvalue weighted by Crippen LogP contribution is 2.16. The van der Waals surface area contributed by atoms with Crippen LogP contribution in [-0.2, 0) is 13.0 Å². The third-order valence-electron chi connectivity index (χ3n) is 2.60. The van der Waals surface area contributed by atoms with E-state index >= 15 is 0 Å². The molecule has 0 amide bonds. The predicted octanol–water partition coefficient (Wildman–Crippen LogP) is 1.96. The standard InChI is InChI=1S/C13H17N3O/c1-10(2)8-13-12(9-17)14-15-16(13)11-6-4-3-5-7-11/h3-7,10,17H,8-9H2,1-2H3. The van der Waals surface area contributed by atoms with E-state index in [4.69, 9.17) is 0 Å². The zero-order valence-electron chi connectivity index (χ0n) is 10.2. The topological polar surface area (TPSA) is 50.9 Å². The fourth-order valence-electron chi connectivity index (χ4n) is 1.82. The second-order valence-electron chi connectivity index (χ2n) is 4.49. The first-order chi connectivity index (χ1) is 8.22. The van der Waals surface area contributed by atoms with Crippen LogP contribution in [-0.4, -0.2) is 20.1 Å². The molecule has 0 saturated carbocycles. The quantitative estimate of drug-likeness (QED) is 0.875. The lowest BCUT2D eigenvalue weighted by atomic mass is 10.1. The molecule has 1 N–H and O–H groups in total. The summed E-state index contributed by atoms with van der Waals surface area (Å²) in [5.74, 6) is 0.501. The SMILES string of the molecule is CC(C)Cc1c(CO)nnn1-c1ccccc1. The molecule has 17 heavy (non-hydrogen) atoms. The van der Waals surface area contributed by atoms with Crippen molar-refractivity contribution >= 4 is 0 Å². The lowest BCUT2D eigenvalue weighted by Gasteiger charge is -2.09. The van der Waals surface area contributed by atoms with Gasteiger partial charge in [0.05, 0.1) is 18.0 Å². The number of benzene rings is 1. The van der Waals surface area contributed by atoms with Crippen molar-refractivity contribution < 1.29 is 5.11 Å². The smallest absolute Gasteiger partial charge is 0.112 e. The van der Waals surface area contributed by atoms with Gasteiger partial charge < -0.3 is 5.11 Å². The van der Waals surface area contributed by atoms with Gasteiger partial charge in [-0.15, -0.1) is 5.10 Å². The number of aromatic nitrogens is 3. The maximum Gasteiger partial charge on any atom is 0.112 e. The van der Waals surface area contributed by atoms with E-state index in [1.807, 2.05) is 35.0 Å². The summed E-state index contributed by atoms with van der Waals surface area (Å²) in [6.45, 7) is 4.22. The molecule has 0 radical (unpaired) electrons. The van der Waals surface area contributed by atoms with Crippen LogP contribution in [0.3, 0.4) is 0 Å². The zero-order valence-corrected chi connectivity index (χ0v) is 10.2. The van der Waals surface area contributed by atoms with Gasteiger partial charge in [-0.05, 0) is 24.5 Å². The van der Waals surface area contributed by atoms with Gasteiger partial charge in [-0.3, -0.25) is 0 Å². The Labute approximate surface area is 101 Å². The molecule has 4 heteroatoms. The Kier molecular flexibility index (Phi) is 3.54. The Balaban J connectivity index is 2.44. The molecule has 0 aliphatic heterocycles. The summed E-state index contributed by atoms with van der Waals surface area (Å²) in [6.07, 6.45) is 0.859. The molecule has 1 aromatic carbocycles. The van der Waals surface area contributed by atoms with E-state index in [-0.39, 0.29) is 6.61 Å². The molecule has 4 nitrogen and oxygen atoms in total. The number of hydrogen-bond acceptors (Lipinski definition) is 3. The van der Waals surface area contributed by atoms with Gasteiger partial charge in [-0.2, -0.15) is 0 Å². The van der Waals surface area contributed by atoms with Crippen molar-refractivity contribution in [3.8, 4) is 5.69 Å². The van der Waals surface area contributed by atoms with E-state index in [2.05, 4.69) is 24.2 Å². The molecule has 0 aliphatic carbocycles. The largest absolute Gasteiger partial charge is 0.390 e. The van der Waals surface area contributed by atoms with Gasteiger partial charge in [0.25, 0.3) is 0 Å². The molecule has 2 rings (SSSR count). The van der Waals surface area contributed by atoms with Gasteiger partial charge in [0.15, 0.2) is 0 Å². The number of rotatable bonds is 4. The maximum atomic E-state index is 9.28. The van der Waals surface area contributed by atoms with Crippen LogP contribution >= 0.6 is 0 Å². The Hall–Kier alpha value is -1.68. The van der Waals surface area contributed by atoms with Gasteiger partial charge >= 0.3 is 0 Å². The molecule has 0 spiro atoms. The maximum absolute atomic E-state index is 9.28. The third kappa shape index (κ3) is 2.53. The highest BCUT2D eigenvalue weighted by Gasteiger charge is 2.14. The minimum atomic E-state index is -0.0606. The number of aliphatic hydroxyl groups is 1. The van der Waals surface area contributed by atoms with E-state index in [1.165, 1.54) is 0 Å². The molecule has 0 aliphatic rings. The van der Waals surface area contributed by atoms with Crippen LogP contribution in [0.15, 0.2) is 30.3 Å². The van der Waals surface area contributed by atoms with Gasteiger partial charge in [0, 0.05) is 0 Å². The summed E-state index contributed by atoms with van der Waals surface area (Å²) in [7, 11) is 0. The Morgan fingerprint density at radius 2 is 1.94 bits per heavy atom. The van der Waals surface area contributed by atoms with E-state index in [9.17, 15) is 5.11 Å². The monoisotopic (exact) mass is 231 g/mol. The minimum absolute atomic E-state index is 0.0606. The van der Waals surface area contributed by atoms with E-state index in [0.717, 1.165) is 17.8 Å². The van der Waals surface area contributed by atoms with E-state index in [1.54, 1.807) is 0 Å². The molecular formula is C13H17N3O. The Morgan fingerprint density at radius 1 is 1.24 bits per heavy atom. The van der Waals surface area contributed by atoms with Crippen LogP contribution in [0.1, 0.15) is 25.2 Å². The van der Waals surface area contributed by atoms with Crippen LogP contribution in [0.25, 0.3) is 5.69 Å². The first-order valence-electron chi connectivity index (χ1n) is 5.82. The van der Waals surface area contributed by atoms with E-state index < -0.39 is 0 Å². The molecule has 1 heterocycles. The summed E-state index contributed by atoms with van der Waals surface area (Å²) in [5, 5.41) is 17.4. The second-order valence-corrected chi connectivity index (χ2v) is 4.49. The van der Waals surface area contributed by atoms with Crippen molar-refractivity contribution in [2.75, 3.05) is 0 Å². The lowest BCUT2D eigenvalue weighted by Crippen LogP contribution is -2.07. The molecule has 0 unspecified atom stereocenters. The number of nitrogens with zero attached hydrogens (tertiary/aromatic N) is 3. The molecule has 0 saturated heterocycles. The zero-order chi connectivity index (χ0) is 12.3. The normalized spacial score (nSPS) is 11.1. The summed E-state index contributed by atoms with van der Waals surface area (Å²) < 4.78 is 1.81. The average Bonchev–Trinajstić information content (AvgIpc) is 2.72. The van der Waals surface area contributed by atoms with Crippen LogP contribution in [0.5, 0.6) is 0 Å². The Bertz CT molecular complexity index is 477. The summed E-state index contributed by atoms with van der Waals surface area (Å²) in [6, 6.07) is 9.87. The van der Waals surface area contributed by atoms with Gasteiger partial charge in [0.2, 0.25) is 0 Å². The number of aliphatic hydroxyl groups excluding tert-OH is 1. The van der Waals surface area contributed by atoms with Crippen LogP contribution in [0.4, 0.5) is 0 Å². The number of para-hydroxylation sites is 1. The first-order valence-corrected chi connectivity index (χ1v) is 5.82. The van der Waals surface area contributed by atoms with Crippen molar-refractivity contribution in [3.05, 3.63) is 41.7 Å². The van der Waals surface area contributed by atoms with Crippen LogP contribution in [0.2, 0.25) is 0 Å². The van der Waals surface area contributed by atoms with Crippen LogP contribution in [0, 0.1) is 5.92 Å². The second kappa shape index (κ2) is 5.10. The van der Waals surface area contributed by atoms with Gasteiger partial charge in [0.1, 0.15) is 5.69 Å². The summed E-state index contributed by atoms with van der Waals surface area (Å²) >= 11 is 0. The molecule has 1 aromatic heterocycles. The summed E-state index contributed by atoms with van der Waals surface area (Å²) in [5.41, 5.74) is 2.65.